The van der Waals surface area contributed by atoms with E-state index in [1.54, 1.807) is 66.7 Å². The molecule has 1 N–H and O–H groups in total. The minimum Gasteiger partial charge on any atom is -0.493 e. The van der Waals surface area contributed by atoms with Gasteiger partial charge in [-0.1, -0.05) is 11.6 Å². The first-order valence-electron chi connectivity index (χ1n) is 9.73. The summed E-state index contributed by atoms with van der Waals surface area (Å²) < 4.78 is 21.1. The lowest BCUT2D eigenvalue weighted by Crippen LogP contribution is -2.24. The van der Waals surface area contributed by atoms with E-state index in [9.17, 15) is 9.59 Å². The average molecular weight is 469 g/mol. The highest BCUT2D eigenvalue weighted by Crippen LogP contribution is 2.28. The van der Waals surface area contributed by atoms with E-state index in [2.05, 4.69) is 10.5 Å². The highest BCUT2D eigenvalue weighted by molar-refractivity contribution is 6.30. The van der Waals surface area contributed by atoms with Crippen LogP contribution in [0.4, 0.5) is 0 Å². The molecule has 3 rings (SSSR count). The van der Waals surface area contributed by atoms with Gasteiger partial charge in [-0.3, -0.25) is 4.79 Å². The minimum absolute atomic E-state index is 0.190. The van der Waals surface area contributed by atoms with E-state index >= 15 is 0 Å². The fourth-order valence-corrected chi connectivity index (χ4v) is 2.77. The Kier molecular flexibility index (Phi) is 8.26. The fourth-order valence-electron chi connectivity index (χ4n) is 2.64. The second-order valence-corrected chi connectivity index (χ2v) is 7.00. The molecule has 3 aromatic carbocycles. The summed E-state index contributed by atoms with van der Waals surface area (Å²) in [6.07, 6.45) is 1.46. The monoisotopic (exact) mass is 468 g/mol. The molecule has 3 aromatic rings. The Morgan fingerprint density at radius 1 is 0.909 bits per heavy atom. The summed E-state index contributed by atoms with van der Waals surface area (Å²) in [5, 5.41) is 4.46. The molecule has 0 aliphatic carbocycles. The third-order valence-electron chi connectivity index (χ3n) is 4.30. The van der Waals surface area contributed by atoms with Crippen LogP contribution in [-0.4, -0.2) is 38.9 Å². The number of halogens is 1. The van der Waals surface area contributed by atoms with Gasteiger partial charge in [-0.15, -0.1) is 0 Å². The number of hydrazone groups is 1. The largest absolute Gasteiger partial charge is 0.493 e. The van der Waals surface area contributed by atoms with Gasteiger partial charge in [0.25, 0.3) is 5.91 Å². The van der Waals surface area contributed by atoms with E-state index in [1.165, 1.54) is 20.4 Å². The first-order valence-corrected chi connectivity index (χ1v) is 10.1. The molecular formula is C24H21ClN2O6. The summed E-state index contributed by atoms with van der Waals surface area (Å²) in [6, 6.07) is 18.0. The van der Waals surface area contributed by atoms with E-state index in [1.807, 2.05) is 0 Å². The van der Waals surface area contributed by atoms with Gasteiger partial charge in [-0.2, -0.15) is 5.10 Å². The normalized spacial score (nSPS) is 10.5. The molecule has 0 aromatic heterocycles. The highest BCUT2D eigenvalue weighted by Gasteiger charge is 2.13. The van der Waals surface area contributed by atoms with Crippen LogP contribution >= 0.6 is 11.6 Å². The number of methoxy groups -OCH3 is 2. The van der Waals surface area contributed by atoms with Crippen LogP contribution in [0.3, 0.4) is 0 Å². The van der Waals surface area contributed by atoms with Crippen LogP contribution in [0.15, 0.2) is 71.8 Å². The van der Waals surface area contributed by atoms with Gasteiger partial charge in [0.05, 0.1) is 26.0 Å². The zero-order valence-electron chi connectivity index (χ0n) is 17.9. The lowest BCUT2D eigenvalue weighted by Gasteiger charge is -2.09. The number of hydrogen-bond donors (Lipinski definition) is 1. The number of ether oxygens (including phenoxy) is 4. The zero-order chi connectivity index (χ0) is 23.6. The number of carbonyl (C=O) groups excluding carboxylic acids is 2. The second-order valence-electron chi connectivity index (χ2n) is 6.56. The molecule has 0 radical (unpaired) electrons. The number of carbonyl (C=O) groups is 2. The van der Waals surface area contributed by atoms with Gasteiger partial charge < -0.3 is 18.9 Å². The van der Waals surface area contributed by atoms with Gasteiger partial charge in [-0.05, 0) is 72.3 Å². The molecule has 0 bridgehead atoms. The summed E-state index contributed by atoms with van der Waals surface area (Å²) in [7, 11) is 3.00. The smallest absolute Gasteiger partial charge is 0.343 e. The molecule has 8 nitrogen and oxygen atoms in total. The van der Waals surface area contributed by atoms with E-state index in [0.717, 1.165) is 0 Å². The number of nitrogens with one attached hydrogen (secondary N) is 1. The van der Waals surface area contributed by atoms with Crippen LogP contribution < -0.4 is 24.4 Å². The molecule has 0 saturated carbocycles. The Labute approximate surface area is 195 Å². The Morgan fingerprint density at radius 2 is 1.58 bits per heavy atom. The maximum absolute atomic E-state index is 12.4. The summed E-state index contributed by atoms with van der Waals surface area (Å²) in [5.41, 5.74) is 3.39. The van der Waals surface area contributed by atoms with E-state index in [0.29, 0.717) is 39.1 Å². The van der Waals surface area contributed by atoms with Crippen molar-refractivity contribution in [3.63, 3.8) is 0 Å². The molecule has 0 aliphatic heterocycles. The van der Waals surface area contributed by atoms with Crippen molar-refractivity contribution >= 4 is 29.7 Å². The molecule has 9 heteroatoms. The summed E-state index contributed by atoms with van der Waals surface area (Å²) in [5.74, 6) is 0.872. The number of hydrogen-bond acceptors (Lipinski definition) is 7. The summed E-state index contributed by atoms with van der Waals surface area (Å²) in [4.78, 5) is 24.2. The predicted molar refractivity (Wildman–Crippen MR) is 124 cm³/mol. The van der Waals surface area contributed by atoms with Crippen LogP contribution in [0.2, 0.25) is 5.02 Å². The molecule has 1 amide bonds. The molecule has 0 aliphatic rings. The average Bonchev–Trinajstić information content (AvgIpc) is 2.84. The van der Waals surface area contributed by atoms with Crippen molar-refractivity contribution in [3.05, 3.63) is 82.9 Å². The number of benzene rings is 3. The summed E-state index contributed by atoms with van der Waals surface area (Å²) >= 11 is 5.80. The fraction of sp³-hybridized carbons (Fsp3) is 0.125. The quantitative estimate of drug-likeness (QED) is 0.220. The van der Waals surface area contributed by atoms with Crippen molar-refractivity contribution in [1.29, 1.82) is 0 Å². The van der Waals surface area contributed by atoms with Crippen LogP contribution in [-0.2, 0) is 4.79 Å². The van der Waals surface area contributed by atoms with Gasteiger partial charge in [0.2, 0.25) is 0 Å². The van der Waals surface area contributed by atoms with Gasteiger partial charge in [-0.25, -0.2) is 10.2 Å². The van der Waals surface area contributed by atoms with Gasteiger partial charge in [0.1, 0.15) is 11.5 Å². The van der Waals surface area contributed by atoms with Gasteiger partial charge in [0.15, 0.2) is 18.1 Å². The van der Waals surface area contributed by atoms with Crippen molar-refractivity contribution in [2.45, 2.75) is 0 Å². The molecule has 33 heavy (non-hydrogen) atoms. The number of amides is 1. The molecule has 0 fully saturated rings. The topological polar surface area (TPSA) is 95.5 Å². The van der Waals surface area contributed by atoms with E-state index in [-0.39, 0.29) is 6.61 Å². The van der Waals surface area contributed by atoms with Crippen LogP contribution in [0.25, 0.3) is 0 Å². The van der Waals surface area contributed by atoms with Gasteiger partial charge >= 0.3 is 5.97 Å². The molecule has 0 atom stereocenters. The zero-order valence-corrected chi connectivity index (χ0v) is 18.7. The van der Waals surface area contributed by atoms with Crippen LogP contribution in [0.1, 0.15) is 15.9 Å². The molecule has 0 heterocycles. The molecular weight excluding hydrogens is 448 g/mol. The Morgan fingerprint density at radius 3 is 2.24 bits per heavy atom. The first-order chi connectivity index (χ1) is 16.0. The van der Waals surface area contributed by atoms with Crippen LogP contribution in [0.5, 0.6) is 23.0 Å². The van der Waals surface area contributed by atoms with E-state index < -0.39 is 11.9 Å². The second kappa shape index (κ2) is 11.5. The third kappa shape index (κ3) is 6.98. The Bertz CT molecular complexity index is 1130. The first kappa shape index (κ1) is 23.6. The predicted octanol–water partition coefficient (Wildman–Crippen LogP) is 4.11. The maximum Gasteiger partial charge on any atom is 0.343 e. The molecule has 0 spiro atoms. The Hall–Kier alpha value is -4.04. The Balaban J connectivity index is 1.49. The van der Waals surface area contributed by atoms with Crippen molar-refractivity contribution in [2.75, 3.05) is 20.8 Å². The minimum atomic E-state index is -0.537. The van der Waals surface area contributed by atoms with Crippen molar-refractivity contribution in [3.8, 4) is 23.0 Å². The van der Waals surface area contributed by atoms with Gasteiger partial charge in [0, 0.05) is 5.02 Å². The molecule has 170 valence electrons. The van der Waals surface area contributed by atoms with E-state index in [4.69, 9.17) is 30.5 Å². The standard InChI is InChI=1S/C24H21ClN2O6/c1-30-21-12-5-17(13-22(21)31-2)24(29)33-20-8-3-16(4-9-20)14-26-27-23(28)15-32-19-10-6-18(25)7-11-19/h3-14H,15H2,1-2H3,(H,27,28)/b26-14-. The van der Waals surface area contributed by atoms with Crippen LogP contribution in [0, 0.1) is 0 Å². The number of nitrogens with zero attached hydrogens (tertiary/aromatic N) is 1. The maximum atomic E-state index is 12.4. The SMILES string of the molecule is COc1ccc(C(=O)Oc2ccc(/C=N\NC(=O)COc3ccc(Cl)cc3)cc2)cc1OC. The van der Waals surface area contributed by atoms with Crippen molar-refractivity contribution < 1.29 is 28.5 Å². The molecule has 0 unspecified atom stereocenters. The third-order valence-corrected chi connectivity index (χ3v) is 4.55. The van der Waals surface area contributed by atoms with Crippen molar-refractivity contribution in [2.24, 2.45) is 5.10 Å². The highest BCUT2D eigenvalue weighted by atomic mass is 35.5. The lowest BCUT2D eigenvalue weighted by molar-refractivity contribution is -0.123. The molecule has 0 saturated heterocycles. The number of rotatable bonds is 9. The lowest BCUT2D eigenvalue weighted by atomic mass is 10.2. The number of esters is 1. The summed E-state index contributed by atoms with van der Waals surface area (Å²) in [6.45, 7) is -0.190. The van der Waals surface area contributed by atoms with Crippen molar-refractivity contribution in [1.82, 2.24) is 5.43 Å².